The maximum absolute atomic E-state index is 11.9. The van der Waals surface area contributed by atoms with Crippen molar-refractivity contribution in [2.75, 3.05) is 13.6 Å². The highest BCUT2D eigenvalue weighted by Gasteiger charge is 2.42. The van der Waals surface area contributed by atoms with Crippen molar-refractivity contribution in [2.24, 2.45) is 0 Å². The van der Waals surface area contributed by atoms with Crippen molar-refractivity contribution >= 4 is 17.2 Å². The molecule has 1 N–H and O–H groups in total. The van der Waals surface area contributed by atoms with E-state index in [1.54, 1.807) is 18.4 Å². The summed E-state index contributed by atoms with van der Waals surface area (Å²) in [5, 5.41) is 14.4. The molecule has 1 aliphatic rings. The van der Waals surface area contributed by atoms with Gasteiger partial charge in [-0.1, -0.05) is 24.0 Å². The molecular formula is C17H15NO2S. The molecule has 1 amide bonds. The highest BCUT2D eigenvalue weighted by atomic mass is 32.1. The zero-order valence-corrected chi connectivity index (χ0v) is 12.5. The number of amides is 1. The average molecular weight is 297 g/mol. The predicted molar refractivity (Wildman–Crippen MR) is 83.8 cm³/mol. The van der Waals surface area contributed by atoms with E-state index in [4.69, 9.17) is 0 Å². The van der Waals surface area contributed by atoms with Crippen molar-refractivity contribution in [1.29, 1.82) is 0 Å². The van der Waals surface area contributed by atoms with E-state index in [-0.39, 0.29) is 5.91 Å². The second-order valence-electron chi connectivity index (χ2n) is 5.18. The van der Waals surface area contributed by atoms with Crippen molar-refractivity contribution in [3.05, 3.63) is 46.7 Å². The SMILES string of the molecule is CN1CC[C@@](O)(C#Cc2cccc(-c3ccsc3)c2)C1=O. The number of nitrogens with zero attached hydrogens (tertiary/aromatic N) is 1. The first-order valence-electron chi connectivity index (χ1n) is 6.72. The minimum Gasteiger partial charge on any atom is -0.369 e. The number of likely N-dealkylation sites (N-methyl/N-ethyl adjacent to an activating group) is 1. The van der Waals surface area contributed by atoms with Crippen LogP contribution in [0.25, 0.3) is 11.1 Å². The lowest BCUT2D eigenvalue weighted by molar-refractivity contribution is -0.137. The summed E-state index contributed by atoms with van der Waals surface area (Å²) in [5.41, 5.74) is 1.51. The number of thiophene rings is 1. The topological polar surface area (TPSA) is 40.5 Å². The molecule has 0 bridgehead atoms. The number of carbonyl (C=O) groups is 1. The van der Waals surface area contributed by atoms with Crippen LogP contribution in [0.15, 0.2) is 41.1 Å². The Kier molecular flexibility index (Phi) is 3.54. The molecule has 0 spiro atoms. The molecule has 0 saturated carbocycles. The Hall–Kier alpha value is -2.09. The van der Waals surface area contributed by atoms with Crippen LogP contribution in [0.4, 0.5) is 0 Å². The predicted octanol–water partition coefficient (Wildman–Crippen LogP) is 2.36. The minimum absolute atomic E-state index is 0.316. The van der Waals surface area contributed by atoms with Crippen LogP contribution in [0.2, 0.25) is 0 Å². The van der Waals surface area contributed by atoms with Crippen LogP contribution in [0.5, 0.6) is 0 Å². The summed E-state index contributed by atoms with van der Waals surface area (Å²) in [6.45, 7) is 0.541. The van der Waals surface area contributed by atoms with E-state index in [0.717, 1.165) is 16.7 Å². The lowest BCUT2D eigenvalue weighted by atomic mass is 10.0. The van der Waals surface area contributed by atoms with Crippen LogP contribution in [0, 0.1) is 11.8 Å². The van der Waals surface area contributed by atoms with Gasteiger partial charge >= 0.3 is 0 Å². The fourth-order valence-electron chi connectivity index (χ4n) is 2.35. The van der Waals surface area contributed by atoms with Gasteiger partial charge in [-0.25, -0.2) is 0 Å². The van der Waals surface area contributed by atoms with Gasteiger partial charge in [0.15, 0.2) is 0 Å². The van der Waals surface area contributed by atoms with E-state index in [0.29, 0.717) is 13.0 Å². The molecule has 3 rings (SSSR count). The number of likely N-dealkylation sites (tertiary alicyclic amines) is 1. The second kappa shape index (κ2) is 5.36. The summed E-state index contributed by atoms with van der Waals surface area (Å²) in [6.07, 6.45) is 0.361. The third-order valence-corrected chi connectivity index (χ3v) is 4.32. The largest absolute Gasteiger partial charge is 0.369 e. The maximum Gasteiger partial charge on any atom is 0.267 e. The molecule has 1 saturated heterocycles. The smallest absolute Gasteiger partial charge is 0.267 e. The molecule has 0 radical (unpaired) electrons. The molecule has 1 aromatic carbocycles. The summed E-state index contributed by atoms with van der Waals surface area (Å²) in [4.78, 5) is 13.4. The van der Waals surface area contributed by atoms with Crippen LogP contribution in [0.3, 0.4) is 0 Å². The first-order valence-corrected chi connectivity index (χ1v) is 7.66. The number of aliphatic hydroxyl groups is 1. The number of benzene rings is 1. The molecule has 0 unspecified atom stereocenters. The Morgan fingerprint density at radius 3 is 2.86 bits per heavy atom. The van der Waals surface area contributed by atoms with Gasteiger partial charge in [0.05, 0.1) is 0 Å². The van der Waals surface area contributed by atoms with E-state index in [1.807, 2.05) is 29.6 Å². The number of rotatable bonds is 1. The van der Waals surface area contributed by atoms with E-state index < -0.39 is 5.60 Å². The molecule has 2 heterocycles. The Bertz CT molecular complexity index is 727. The molecule has 4 heteroatoms. The fourth-order valence-corrected chi connectivity index (χ4v) is 3.02. The Morgan fingerprint density at radius 2 is 2.19 bits per heavy atom. The van der Waals surface area contributed by atoms with Gasteiger partial charge in [0.2, 0.25) is 5.60 Å². The fraction of sp³-hybridized carbons (Fsp3) is 0.235. The lowest BCUT2D eigenvalue weighted by Gasteiger charge is -2.13. The minimum atomic E-state index is -1.53. The lowest BCUT2D eigenvalue weighted by Crippen LogP contribution is -2.37. The normalized spacial score (nSPS) is 21.2. The summed E-state index contributed by atoms with van der Waals surface area (Å²) < 4.78 is 0. The van der Waals surface area contributed by atoms with Crippen LogP contribution >= 0.6 is 11.3 Å². The standard InChI is InChI=1S/C17H15NO2S/c1-18-9-8-17(20,16(18)19)7-5-13-3-2-4-14(11-13)15-6-10-21-12-15/h2-4,6,10-12,20H,8-9H2,1H3/t17-/m0/s1. The molecule has 106 valence electrons. The van der Waals surface area contributed by atoms with Crippen molar-refractivity contribution in [2.45, 2.75) is 12.0 Å². The Labute approximate surface area is 127 Å². The third-order valence-electron chi connectivity index (χ3n) is 3.64. The van der Waals surface area contributed by atoms with Gasteiger partial charge < -0.3 is 10.0 Å². The van der Waals surface area contributed by atoms with Crippen LogP contribution in [-0.4, -0.2) is 35.1 Å². The van der Waals surface area contributed by atoms with Crippen molar-refractivity contribution in [3.8, 4) is 23.0 Å². The number of hydrogen-bond acceptors (Lipinski definition) is 3. The second-order valence-corrected chi connectivity index (χ2v) is 5.96. The zero-order valence-electron chi connectivity index (χ0n) is 11.7. The monoisotopic (exact) mass is 297 g/mol. The highest BCUT2D eigenvalue weighted by molar-refractivity contribution is 7.08. The highest BCUT2D eigenvalue weighted by Crippen LogP contribution is 2.23. The molecule has 3 nitrogen and oxygen atoms in total. The first-order chi connectivity index (χ1) is 10.1. The van der Waals surface area contributed by atoms with E-state index >= 15 is 0 Å². The van der Waals surface area contributed by atoms with Gasteiger partial charge in [-0.05, 0) is 40.1 Å². The van der Waals surface area contributed by atoms with Gasteiger partial charge in [-0.3, -0.25) is 4.79 Å². The Morgan fingerprint density at radius 1 is 1.33 bits per heavy atom. The molecule has 1 aliphatic heterocycles. The van der Waals surface area contributed by atoms with Crippen molar-refractivity contribution in [1.82, 2.24) is 4.90 Å². The number of carbonyl (C=O) groups excluding carboxylic acids is 1. The molecule has 1 atom stereocenters. The van der Waals surface area contributed by atoms with Gasteiger partial charge in [-0.15, -0.1) is 0 Å². The third kappa shape index (κ3) is 2.71. The van der Waals surface area contributed by atoms with Crippen LogP contribution in [0.1, 0.15) is 12.0 Å². The van der Waals surface area contributed by atoms with Gasteiger partial charge in [0, 0.05) is 25.6 Å². The van der Waals surface area contributed by atoms with Gasteiger partial charge in [-0.2, -0.15) is 11.3 Å². The molecule has 21 heavy (non-hydrogen) atoms. The molecular weight excluding hydrogens is 282 g/mol. The van der Waals surface area contributed by atoms with Crippen LogP contribution in [-0.2, 0) is 4.79 Å². The average Bonchev–Trinajstić information content (AvgIpc) is 3.12. The quantitative estimate of drug-likeness (QED) is 0.821. The van der Waals surface area contributed by atoms with Crippen LogP contribution < -0.4 is 0 Å². The molecule has 2 aromatic rings. The van der Waals surface area contributed by atoms with Gasteiger partial charge in [0.1, 0.15) is 0 Å². The Balaban J connectivity index is 1.88. The van der Waals surface area contributed by atoms with E-state index in [2.05, 4.69) is 23.3 Å². The maximum atomic E-state index is 11.9. The van der Waals surface area contributed by atoms with E-state index in [1.165, 1.54) is 4.90 Å². The summed E-state index contributed by atoms with van der Waals surface area (Å²) in [6, 6.07) is 9.87. The molecule has 0 aliphatic carbocycles. The molecule has 1 fully saturated rings. The van der Waals surface area contributed by atoms with Gasteiger partial charge in [0.25, 0.3) is 5.91 Å². The van der Waals surface area contributed by atoms with E-state index in [9.17, 15) is 9.90 Å². The first kappa shape index (κ1) is 13.9. The number of hydrogen-bond donors (Lipinski definition) is 1. The summed E-state index contributed by atoms with van der Waals surface area (Å²) in [5.74, 6) is 5.36. The van der Waals surface area contributed by atoms with Crippen molar-refractivity contribution < 1.29 is 9.90 Å². The summed E-state index contributed by atoms with van der Waals surface area (Å²) in [7, 11) is 1.68. The van der Waals surface area contributed by atoms with Crippen molar-refractivity contribution in [3.63, 3.8) is 0 Å². The molecule has 1 aromatic heterocycles. The summed E-state index contributed by atoms with van der Waals surface area (Å²) >= 11 is 1.65. The zero-order chi connectivity index (χ0) is 14.9.